The summed E-state index contributed by atoms with van der Waals surface area (Å²) in [5, 5.41) is 4.11. The van der Waals surface area contributed by atoms with Crippen LogP contribution in [0.3, 0.4) is 0 Å². The van der Waals surface area contributed by atoms with Crippen LogP contribution in [0.25, 0.3) is 22.2 Å². The molecule has 0 atom stereocenters. The summed E-state index contributed by atoms with van der Waals surface area (Å²) in [5.74, 6) is 0. The second-order valence-corrected chi connectivity index (χ2v) is 4.32. The Kier molecular flexibility index (Phi) is 2.74. The van der Waals surface area contributed by atoms with Crippen molar-refractivity contribution in [2.24, 2.45) is 7.05 Å². The fraction of sp³-hybridized carbons (Fsp3) is 0.143. The minimum Gasteiger partial charge on any atom is -0.266 e. The topological polar surface area (TPSA) is 30.7 Å². The number of halogens is 2. The Balaban J connectivity index is 2.13. The summed E-state index contributed by atoms with van der Waals surface area (Å²) in [6.07, 6.45) is 0.886. The molecule has 19 heavy (non-hydrogen) atoms. The van der Waals surface area contributed by atoms with Crippen LogP contribution in [-0.4, -0.2) is 14.8 Å². The summed E-state index contributed by atoms with van der Waals surface area (Å²) in [5.41, 5.74) is 3.21. The molecule has 0 aliphatic carbocycles. The first-order chi connectivity index (χ1) is 9.15. The van der Waals surface area contributed by atoms with E-state index in [1.165, 1.54) is 12.1 Å². The molecule has 0 unspecified atom stereocenters. The predicted molar refractivity (Wildman–Crippen MR) is 68.9 cm³/mol. The molecule has 0 bridgehead atoms. The summed E-state index contributed by atoms with van der Waals surface area (Å²) < 4.78 is 27.1. The highest BCUT2D eigenvalue weighted by molar-refractivity contribution is 5.80. The van der Waals surface area contributed by atoms with Gasteiger partial charge in [0.2, 0.25) is 0 Å². The smallest absolute Gasteiger partial charge is 0.263 e. The number of hydrogen-bond acceptors (Lipinski definition) is 2. The predicted octanol–water partition coefficient (Wildman–Crippen LogP) is 3.57. The summed E-state index contributed by atoms with van der Waals surface area (Å²) in [6.45, 7) is 0. The van der Waals surface area contributed by atoms with Crippen molar-refractivity contribution in [1.82, 2.24) is 14.8 Å². The third-order valence-electron chi connectivity index (χ3n) is 3.07. The second-order valence-electron chi connectivity index (χ2n) is 4.32. The van der Waals surface area contributed by atoms with E-state index in [0.29, 0.717) is 0 Å². The van der Waals surface area contributed by atoms with Gasteiger partial charge < -0.3 is 0 Å². The number of alkyl halides is 2. The van der Waals surface area contributed by atoms with Crippen LogP contribution in [0.15, 0.2) is 42.7 Å². The van der Waals surface area contributed by atoms with Gasteiger partial charge in [0.05, 0.1) is 11.7 Å². The highest BCUT2D eigenvalue weighted by Gasteiger charge is 2.09. The Bertz CT molecular complexity index is 734. The van der Waals surface area contributed by atoms with E-state index in [1.807, 2.05) is 13.1 Å². The molecule has 0 amide bonds. The van der Waals surface area contributed by atoms with Crippen LogP contribution in [0.1, 0.15) is 12.0 Å². The lowest BCUT2D eigenvalue weighted by Gasteiger charge is -2.05. The van der Waals surface area contributed by atoms with Crippen LogP contribution < -0.4 is 0 Å². The first-order valence-electron chi connectivity index (χ1n) is 5.81. The molecule has 0 N–H and O–H groups in total. The molecule has 0 aliphatic rings. The molecule has 3 aromatic rings. The molecule has 2 heterocycles. The van der Waals surface area contributed by atoms with E-state index in [1.54, 1.807) is 29.2 Å². The number of hydrogen-bond donors (Lipinski definition) is 0. The molecule has 96 valence electrons. The van der Waals surface area contributed by atoms with Crippen LogP contribution in [0.5, 0.6) is 0 Å². The van der Waals surface area contributed by atoms with Crippen LogP contribution in [0.4, 0.5) is 8.78 Å². The summed E-state index contributed by atoms with van der Waals surface area (Å²) in [6, 6.07) is 8.24. The van der Waals surface area contributed by atoms with Crippen molar-refractivity contribution in [3.05, 3.63) is 48.3 Å². The maximum Gasteiger partial charge on any atom is 0.263 e. The maximum atomic E-state index is 12.7. The van der Waals surface area contributed by atoms with Crippen molar-refractivity contribution < 1.29 is 8.78 Å². The Morgan fingerprint density at radius 1 is 1.11 bits per heavy atom. The number of fused-ring (bicyclic) bond motifs is 1. The summed E-state index contributed by atoms with van der Waals surface area (Å²) in [7, 11) is 1.82. The summed E-state index contributed by atoms with van der Waals surface area (Å²) in [4.78, 5) is 4.28. The minimum atomic E-state index is -2.46. The number of aryl methyl sites for hydroxylation is 1. The molecule has 0 saturated heterocycles. The van der Waals surface area contributed by atoms with Gasteiger partial charge in [0.15, 0.2) is 0 Å². The van der Waals surface area contributed by atoms with Gasteiger partial charge in [-0.25, -0.2) is 8.78 Å². The molecule has 2 aromatic heterocycles. The van der Waals surface area contributed by atoms with E-state index in [-0.39, 0.29) is 5.56 Å². The first kappa shape index (κ1) is 11.8. The van der Waals surface area contributed by atoms with Gasteiger partial charge in [0.25, 0.3) is 6.43 Å². The lowest BCUT2D eigenvalue weighted by atomic mass is 10.0. The van der Waals surface area contributed by atoms with Crippen molar-refractivity contribution in [2.75, 3.05) is 0 Å². The number of rotatable bonds is 2. The average Bonchev–Trinajstić information content (AvgIpc) is 2.80. The molecule has 0 spiro atoms. The monoisotopic (exact) mass is 259 g/mol. The molecular weight excluding hydrogens is 248 g/mol. The molecule has 3 nitrogen and oxygen atoms in total. The Morgan fingerprint density at radius 3 is 2.74 bits per heavy atom. The van der Waals surface area contributed by atoms with Crippen LogP contribution >= 0.6 is 0 Å². The van der Waals surface area contributed by atoms with Crippen LogP contribution in [0.2, 0.25) is 0 Å². The van der Waals surface area contributed by atoms with Crippen molar-refractivity contribution in [3.63, 3.8) is 0 Å². The fourth-order valence-corrected chi connectivity index (χ4v) is 2.04. The van der Waals surface area contributed by atoms with Crippen molar-refractivity contribution in [2.45, 2.75) is 6.43 Å². The largest absolute Gasteiger partial charge is 0.266 e. The zero-order valence-corrected chi connectivity index (χ0v) is 10.2. The second kappa shape index (κ2) is 4.42. The molecule has 3 rings (SSSR count). The van der Waals surface area contributed by atoms with Crippen LogP contribution in [0, 0.1) is 0 Å². The van der Waals surface area contributed by atoms with E-state index >= 15 is 0 Å². The molecule has 0 saturated carbocycles. The third kappa shape index (κ3) is 2.07. The van der Waals surface area contributed by atoms with Gasteiger partial charge in [0, 0.05) is 24.4 Å². The Morgan fingerprint density at radius 2 is 1.95 bits per heavy atom. The normalized spacial score (nSPS) is 11.4. The zero-order chi connectivity index (χ0) is 13.4. The van der Waals surface area contributed by atoms with Gasteiger partial charge in [-0.05, 0) is 17.7 Å². The van der Waals surface area contributed by atoms with Crippen LogP contribution in [-0.2, 0) is 7.05 Å². The minimum absolute atomic E-state index is 0.0163. The van der Waals surface area contributed by atoms with E-state index < -0.39 is 6.43 Å². The highest BCUT2D eigenvalue weighted by atomic mass is 19.3. The number of pyridine rings is 1. The maximum absolute atomic E-state index is 12.7. The van der Waals surface area contributed by atoms with Gasteiger partial charge >= 0.3 is 0 Å². The molecule has 0 aliphatic heterocycles. The van der Waals surface area contributed by atoms with Crippen molar-refractivity contribution >= 4 is 11.0 Å². The number of aromatic nitrogens is 3. The number of benzene rings is 1. The SMILES string of the molecule is Cn1ncc2ncc(-c3cccc(C(F)F)c3)cc21. The quantitative estimate of drug-likeness (QED) is 0.704. The van der Waals surface area contributed by atoms with Gasteiger partial charge in [-0.15, -0.1) is 0 Å². The lowest BCUT2D eigenvalue weighted by Crippen LogP contribution is -1.90. The first-order valence-corrected chi connectivity index (χ1v) is 5.81. The average molecular weight is 259 g/mol. The van der Waals surface area contributed by atoms with Gasteiger partial charge in [-0.1, -0.05) is 18.2 Å². The lowest BCUT2D eigenvalue weighted by molar-refractivity contribution is 0.151. The van der Waals surface area contributed by atoms with E-state index in [4.69, 9.17) is 0 Å². The Labute approximate surface area is 108 Å². The number of nitrogens with zero attached hydrogens (tertiary/aromatic N) is 3. The molecule has 1 aromatic carbocycles. The third-order valence-corrected chi connectivity index (χ3v) is 3.07. The van der Waals surface area contributed by atoms with E-state index in [9.17, 15) is 8.78 Å². The van der Waals surface area contributed by atoms with Gasteiger partial charge in [-0.3, -0.25) is 9.67 Å². The van der Waals surface area contributed by atoms with Gasteiger partial charge in [0.1, 0.15) is 5.52 Å². The van der Waals surface area contributed by atoms with E-state index in [0.717, 1.165) is 22.2 Å². The zero-order valence-electron chi connectivity index (χ0n) is 10.2. The molecular formula is C14H11F2N3. The fourth-order valence-electron chi connectivity index (χ4n) is 2.04. The van der Waals surface area contributed by atoms with Gasteiger partial charge in [-0.2, -0.15) is 5.10 Å². The Hall–Kier alpha value is -2.30. The standard InChI is InChI=1S/C14H11F2N3/c1-19-13-6-11(7-17-12(13)8-18-19)9-3-2-4-10(5-9)14(15)16/h2-8,14H,1H3. The molecule has 5 heteroatoms. The highest BCUT2D eigenvalue weighted by Crippen LogP contribution is 2.26. The van der Waals surface area contributed by atoms with Crippen molar-refractivity contribution in [1.29, 1.82) is 0 Å². The van der Waals surface area contributed by atoms with Crippen molar-refractivity contribution in [3.8, 4) is 11.1 Å². The molecule has 0 radical (unpaired) electrons. The van der Waals surface area contributed by atoms with E-state index in [2.05, 4.69) is 10.1 Å². The summed E-state index contributed by atoms with van der Waals surface area (Å²) >= 11 is 0. The molecule has 0 fully saturated rings.